The van der Waals surface area contributed by atoms with Gasteiger partial charge in [-0.3, -0.25) is 0 Å². The minimum absolute atomic E-state index is 0. The van der Waals surface area contributed by atoms with Gasteiger partial charge in [0.25, 0.3) is 0 Å². The molecule has 0 heterocycles. The maximum absolute atomic E-state index is 0. The normalized spacial score (nSPS) is 0. The monoisotopic (exact) mass is 614 g/mol. The van der Waals surface area contributed by atoms with E-state index in [9.17, 15) is 0 Å². The van der Waals surface area contributed by atoms with Crippen molar-refractivity contribution in [2.24, 2.45) is 0 Å². The van der Waals surface area contributed by atoms with Gasteiger partial charge < -0.3 is 38.3 Å². The molecule has 0 rings (SSSR count). The molecule has 0 N–H and O–H groups in total. The molecule has 0 aromatic heterocycles. The van der Waals surface area contributed by atoms with Gasteiger partial charge in [-0.05, 0) is 0 Å². The largest absolute Gasteiger partial charge is 4.00 e. The Morgan fingerprint density at radius 1 is 0.273 bits per heavy atom. The fourth-order valence-electron chi connectivity index (χ4n) is 0. The zero-order chi connectivity index (χ0) is 0. The van der Waals surface area contributed by atoms with E-state index in [0.717, 1.165) is 0 Å². The van der Waals surface area contributed by atoms with Gasteiger partial charge >= 0.3 is 76.3 Å². The van der Waals surface area contributed by atoms with Crippen LogP contribution in [0.3, 0.4) is 0 Å². The van der Waals surface area contributed by atoms with Gasteiger partial charge in [-0.2, -0.15) is 0 Å². The fraction of sp³-hybridized carbons (Fsp3) is 0. The average molecular weight is 614 g/mol. The Morgan fingerprint density at radius 3 is 0.273 bits per heavy atom. The van der Waals surface area contributed by atoms with Crippen LogP contribution >= 0.6 is 0 Å². The van der Waals surface area contributed by atoms with Crippen LogP contribution in [-0.4, -0.2) is 0 Å². The summed E-state index contributed by atoms with van der Waals surface area (Å²) < 4.78 is 0. The average Bonchev–Trinajstić information content (AvgIpc) is 0. The van der Waals surface area contributed by atoms with Gasteiger partial charge in [-0.15, -0.1) is 0 Å². The van der Waals surface area contributed by atoms with Gasteiger partial charge in [-0.1, -0.05) is 0 Å². The third-order valence-corrected chi connectivity index (χ3v) is 0. The summed E-state index contributed by atoms with van der Waals surface area (Å²) in [5.41, 5.74) is 0. The Hall–Kier alpha value is 2.14. The second-order valence-corrected chi connectivity index (χ2v) is 0. The van der Waals surface area contributed by atoms with Crippen LogP contribution in [0.4, 0.5) is 0 Å². The first-order valence-electron chi connectivity index (χ1n) is 0. The van der Waals surface area contributed by atoms with Gasteiger partial charge in [0.1, 0.15) is 0 Å². The second-order valence-electron chi connectivity index (χ2n) is 0. The predicted octanol–water partition coefficient (Wildman–Crippen LogP) is -0.842. The van der Waals surface area contributed by atoms with E-state index >= 15 is 0 Å². The van der Waals surface area contributed by atoms with Gasteiger partial charge in [0.05, 0.1) is 0 Å². The molecule has 0 spiro atoms. The van der Waals surface area contributed by atoms with Crippen molar-refractivity contribution >= 4 is 0 Å². The molecule has 0 aliphatic heterocycles. The van der Waals surface area contributed by atoms with E-state index in [-0.39, 0.29) is 115 Å². The molecule has 78 valence electrons. The SMILES string of the molecule is [Fe+3].[Fe+3].[O-2].[O-2].[O-2].[O-2].[O-2].[O-2].[O-2].[Pt+4].[Pt+4]. The second kappa shape index (κ2) is 330. The Labute approximate surface area is 114 Å². The van der Waals surface area contributed by atoms with Crippen molar-refractivity contribution in [1.29, 1.82) is 0 Å². The molecule has 7 nitrogen and oxygen atoms in total. The van der Waals surface area contributed by atoms with Crippen molar-refractivity contribution < 1.29 is 115 Å². The molecule has 0 aliphatic carbocycles. The summed E-state index contributed by atoms with van der Waals surface area (Å²) in [7, 11) is 0. The third-order valence-electron chi connectivity index (χ3n) is 0. The van der Waals surface area contributed by atoms with Crippen LogP contribution < -0.4 is 0 Å². The summed E-state index contributed by atoms with van der Waals surface area (Å²) in [6.07, 6.45) is 0. The van der Waals surface area contributed by atoms with E-state index < -0.39 is 0 Å². The summed E-state index contributed by atoms with van der Waals surface area (Å²) >= 11 is 0. The van der Waals surface area contributed by atoms with Gasteiger partial charge in [-0.25, -0.2) is 0 Å². The quantitative estimate of drug-likeness (QED) is 0.307. The molecule has 0 fully saturated rings. The maximum atomic E-state index is 0. The van der Waals surface area contributed by atoms with Crippen molar-refractivity contribution in [3.05, 3.63) is 0 Å². The molecule has 0 amide bonds. The Balaban J connectivity index is 0. The summed E-state index contributed by atoms with van der Waals surface area (Å²) in [5.74, 6) is 0. The molecule has 0 saturated heterocycles. The summed E-state index contributed by atoms with van der Waals surface area (Å²) in [6, 6.07) is 0. The first-order chi connectivity index (χ1) is 0. The zero-order valence-electron chi connectivity index (χ0n) is 4.20. The van der Waals surface area contributed by atoms with Crippen LogP contribution in [0.25, 0.3) is 0 Å². The predicted molar refractivity (Wildman–Crippen MR) is 4.81 cm³/mol. The zero-order valence-corrected chi connectivity index (χ0v) is 11.0. The molecule has 0 aliphatic rings. The van der Waals surface area contributed by atoms with Crippen LogP contribution in [0.1, 0.15) is 0 Å². The van der Waals surface area contributed by atoms with Crippen molar-refractivity contribution in [1.82, 2.24) is 0 Å². The third kappa shape index (κ3) is 273. The van der Waals surface area contributed by atoms with E-state index in [1.165, 1.54) is 0 Å². The molecular weight excluding hydrogens is 614 g/mol. The first kappa shape index (κ1) is 424. The fourth-order valence-corrected chi connectivity index (χ4v) is 0. The van der Waals surface area contributed by atoms with E-state index in [4.69, 9.17) is 0 Å². The topological polar surface area (TPSA) is 200 Å². The molecule has 0 aromatic carbocycles. The number of hydrogen-bond donors (Lipinski definition) is 0. The maximum Gasteiger partial charge on any atom is 4.00 e. The van der Waals surface area contributed by atoms with Crippen LogP contribution in [0, 0.1) is 0 Å². The van der Waals surface area contributed by atoms with Crippen molar-refractivity contribution in [2.75, 3.05) is 0 Å². The van der Waals surface area contributed by atoms with E-state index in [1.54, 1.807) is 0 Å². The molecular formula is Fe2O7Pt2. The minimum atomic E-state index is 0. The Morgan fingerprint density at radius 2 is 0.273 bits per heavy atom. The van der Waals surface area contributed by atoms with Crippen molar-refractivity contribution in [2.45, 2.75) is 0 Å². The number of rotatable bonds is 0. The molecule has 0 saturated carbocycles. The smallest absolute Gasteiger partial charge is 2.00 e. The van der Waals surface area contributed by atoms with Gasteiger partial charge in [0.2, 0.25) is 0 Å². The van der Waals surface area contributed by atoms with Crippen LogP contribution in [0.5, 0.6) is 0 Å². The molecule has 11 heavy (non-hydrogen) atoms. The summed E-state index contributed by atoms with van der Waals surface area (Å²) in [5, 5.41) is 0. The van der Waals surface area contributed by atoms with Gasteiger partial charge in [0.15, 0.2) is 0 Å². The van der Waals surface area contributed by atoms with Crippen molar-refractivity contribution in [3.63, 3.8) is 0 Å². The molecule has 0 bridgehead atoms. The molecule has 0 unspecified atom stereocenters. The summed E-state index contributed by atoms with van der Waals surface area (Å²) in [6.45, 7) is 0. The Bertz CT molecular complexity index is 14.4. The van der Waals surface area contributed by atoms with E-state index in [0.29, 0.717) is 0 Å². The summed E-state index contributed by atoms with van der Waals surface area (Å²) in [4.78, 5) is 0. The standard InChI is InChI=1S/2Fe.7O.2Pt/q2*+3;7*-2;2*+4. The van der Waals surface area contributed by atoms with Crippen molar-refractivity contribution in [3.8, 4) is 0 Å². The minimum Gasteiger partial charge on any atom is -2.00 e. The van der Waals surface area contributed by atoms with Crippen LogP contribution in [-0.2, 0) is 115 Å². The molecule has 2 radical (unpaired) electrons. The molecule has 11 heteroatoms. The first-order valence-corrected chi connectivity index (χ1v) is 0. The van der Waals surface area contributed by atoms with E-state index in [1.807, 2.05) is 0 Å². The van der Waals surface area contributed by atoms with Crippen LogP contribution in [0.2, 0.25) is 0 Å². The number of hydrogen-bond acceptors (Lipinski definition) is 0. The van der Waals surface area contributed by atoms with Crippen LogP contribution in [0.15, 0.2) is 0 Å². The molecule has 0 aromatic rings. The molecule has 0 atom stereocenters. The van der Waals surface area contributed by atoms with Gasteiger partial charge in [0, 0.05) is 0 Å². The van der Waals surface area contributed by atoms with E-state index in [2.05, 4.69) is 0 Å². The Kier molecular flexibility index (Phi) is 12700.